The summed E-state index contributed by atoms with van der Waals surface area (Å²) < 4.78 is 15.6. The molecule has 0 aliphatic carbocycles. The maximum absolute atomic E-state index is 13.4. The number of halogens is 1. The highest BCUT2D eigenvalue weighted by molar-refractivity contribution is 5.84. The summed E-state index contributed by atoms with van der Waals surface area (Å²) in [6, 6.07) is 15.5. The average Bonchev–Trinajstić information content (AvgIpc) is 2.83. The molecule has 0 saturated heterocycles. The van der Waals surface area contributed by atoms with Gasteiger partial charge in [0.05, 0.1) is 0 Å². The van der Waals surface area contributed by atoms with Crippen LogP contribution in [0.3, 0.4) is 0 Å². The molecule has 0 radical (unpaired) electrons. The van der Waals surface area contributed by atoms with Crippen molar-refractivity contribution in [1.29, 1.82) is 0 Å². The molecule has 1 aromatic heterocycles. The van der Waals surface area contributed by atoms with Crippen LogP contribution in [-0.4, -0.2) is 4.57 Å². The molecule has 1 nitrogen and oxygen atoms in total. The number of hydrogen-bond donors (Lipinski definition) is 0. The molecule has 3 aromatic rings. The Morgan fingerprint density at radius 3 is 2.60 bits per heavy atom. The van der Waals surface area contributed by atoms with Gasteiger partial charge in [-0.05, 0) is 42.2 Å². The smallest absolute Gasteiger partial charge is 0.123 e. The van der Waals surface area contributed by atoms with Crippen LogP contribution in [0.4, 0.5) is 4.39 Å². The van der Waals surface area contributed by atoms with Crippen LogP contribution in [0.25, 0.3) is 10.9 Å². The molecule has 2 aromatic carbocycles. The third-order valence-electron chi connectivity index (χ3n) is 3.79. The topological polar surface area (TPSA) is 4.93 Å². The van der Waals surface area contributed by atoms with E-state index in [2.05, 4.69) is 42.0 Å². The maximum atomic E-state index is 13.4. The molecule has 1 heterocycles. The predicted molar refractivity (Wildman–Crippen MR) is 81.4 cm³/mol. The van der Waals surface area contributed by atoms with Gasteiger partial charge in [-0.1, -0.05) is 37.3 Å². The highest BCUT2D eigenvalue weighted by atomic mass is 19.1. The Balaban J connectivity index is 1.92. The highest BCUT2D eigenvalue weighted by Crippen LogP contribution is 2.23. The number of hydrogen-bond acceptors (Lipinski definition) is 0. The zero-order chi connectivity index (χ0) is 13.9. The van der Waals surface area contributed by atoms with E-state index in [1.807, 2.05) is 12.1 Å². The molecule has 0 aliphatic rings. The van der Waals surface area contributed by atoms with Crippen LogP contribution < -0.4 is 0 Å². The first-order valence-electron chi connectivity index (χ1n) is 7.09. The summed E-state index contributed by atoms with van der Waals surface area (Å²) in [6.45, 7) is 3.04. The molecule has 0 saturated carbocycles. The second kappa shape index (κ2) is 5.49. The van der Waals surface area contributed by atoms with E-state index in [0.717, 1.165) is 30.3 Å². The maximum Gasteiger partial charge on any atom is 0.123 e. The van der Waals surface area contributed by atoms with Crippen LogP contribution in [0.15, 0.2) is 54.7 Å². The van der Waals surface area contributed by atoms with Crippen LogP contribution in [0, 0.1) is 5.82 Å². The SMILES string of the molecule is CCc1cn(CCc2ccccc2)c2ccc(F)cc12. The van der Waals surface area contributed by atoms with E-state index in [9.17, 15) is 4.39 Å². The summed E-state index contributed by atoms with van der Waals surface area (Å²) in [6.07, 6.45) is 4.08. The monoisotopic (exact) mass is 267 g/mol. The zero-order valence-corrected chi connectivity index (χ0v) is 11.6. The van der Waals surface area contributed by atoms with Gasteiger partial charge in [0.15, 0.2) is 0 Å². The van der Waals surface area contributed by atoms with E-state index in [4.69, 9.17) is 0 Å². The van der Waals surface area contributed by atoms with Crippen molar-refractivity contribution in [2.45, 2.75) is 26.3 Å². The molecule has 2 heteroatoms. The Morgan fingerprint density at radius 1 is 1.05 bits per heavy atom. The number of aryl methyl sites for hydroxylation is 3. The van der Waals surface area contributed by atoms with Gasteiger partial charge >= 0.3 is 0 Å². The third-order valence-corrected chi connectivity index (χ3v) is 3.79. The van der Waals surface area contributed by atoms with Gasteiger partial charge in [0, 0.05) is 23.6 Å². The lowest BCUT2D eigenvalue weighted by Gasteiger charge is -2.05. The van der Waals surface area contributed by atoms with Crippen LogP contribution in [-0.2, 0) is 19.4 Å². The molecule has 0 fully saturated rings. The molecule has 0 N–H and O–H groups in total. The molecular formula is C18H18FN. The van der Waals surface area contributed by atoms with Crippen LogP contribution >= 0.6 is 0 Å². The Labute approximate surface area is 118 Å². The minimum atomic E-state index is -0.159. The Hall–Kier alpha value is -2.09. The fraction of sp³-hybridized carbons (Fsp3) is 0.222. The quantitative estimate of drug-likeness (QED) is 0.651. The second-order valence-electron chi connectivity index (χ2n) is 5.10. The molecule has 0 aliphatic heterocycles. The van der Waals surface area contributed by atoms with Gasteiger partial charge in [0.2, 0.25) is 0 Å². The van der Waals surface area contributed by atoms with Crippen molar-refractivity contribution >= 4 is 10.9 Å². The number of nitrogens with zero attached hydrogens (tertiary/aromatic N) is 1. The molecule has 0 spiro atoms. The fourth-order valence-corrected chi connectivity index (χ4v) is 2.70. The van der Waals surface area contributed by atoms with E-state index < -0.39 is 0 Å². The van der Waals surface area contributed by atoms with Crippen molar-refractivity contribution in [3.8, 4) is 0 Å². The van der Waals surface area contributed by atoms with Gasteiger partial charge in [-0.15, -0.1) is 0 Å². The van der Waals surface area contributed by atoms with Crippen LogP contribution in [0.1, 0.15) is 18.1 Å². The molecule has 0 bridgehead atoms. The molecule has 20 heavy (non-hydrogen) atoms. The van der Waals surface area contributed by atoms with Crippen molar-refractivity contribution in [2.24, 2.45) is 0 Å². The van der Waals surface area contributed by atoms with Crippen LogP contribution in [0.2, 0.25) is 0 Å². The lowest BCUT2D eigenvalue weighted by atomic mass is 10.1. The number of rotatable bonds is 4. The first-order chi connectivity index (χ1) is 9.78. The summed E-state index contributed by atoms with van der Waals surface area (Å²) >= 11 is 0. The first kappa shape index (κ1) is 12.9. The summed E-state index contributed by atoms with van der Waals surface area (Å²) in [4.78, 5) is 0. The van der Waals surface area contributed by atoms with Gasteiger partial charge in [-0.3, -0.25) is 0 Å². The summed E-state index contributed by atoms with van der Waals surface area (Å²) in [5.41, 5.74) is 3.67. The molecule has 0 unspecified atom stereocenters. The number of aromatic nitrogens is 1. The van der Waals surface area contributed by atoms with E-state index in [0.29, 0.717) is 0 Å². The molecule has 0 amide bonds. The number of benzene rings is 2. The lowest BCUT2D eigenvalue weighted by molar-refractivity contribution is 0.629. The summed E-state index contributed by atoms with van der Waals surface area (Å²) in [7, 11) is 0. The Morgan fingerprint density at radius 2 is 1.85 bits per heavy atom. The summed E-state index contributed by atoms with van der Waals surface area (Å²) in [5.74, 6) is -0.159. The normalized spacial score (nSPS) is 11.1. The third kappa shape index (κ3) is 2.46. The van der Waals surface area contributed by atoms with Gasteiger partial charge in [0.1, 0.15) is 5.82 Å². The van der Waals surface area contributed by atoms with E-state index in [1.54, 1.807) is 12.1 Å². The number of fused-ring (bicyclic) bond motifs is 1. The van der Waals surface area contributed by atoms with Crippen molar-refractivity contribution in [3.05, 3.63) is 71.7 Å². The van der Waals surface area contributed by atoms with Crippen LogP contribution in [0.5, 0.6) is 0 Å². The van der Waals surface area contributed by atoms with Crippen molar-refractivity contribution in [2.75, 3.05) is 0 Å². The average molecular weight is 267 g/mol. The van der Waals surface area contributed by atoms with Gasteiger partial charge in [-0.2, -0.15) is 0 Å². The molecular weight excluding hydrogens is 249 g/mol. The van der Waals surface area contributed by atoms with Crippen molar-refractivity contribution < 1.29 is 4.39 Å². The molecule has 102 valence electrons. The van der Waals surface area contributed by atoms with E-state index in [1.165, 1.54) is 11.1 Å². The Kier molecular flexibility index (Phi) is 3.55. The van der Waals surface area contributed by atoms with Gasteiger partial charge < -0.3 is 4.57 Å². The predicted octanol–water partition coefficient (Wildman–Crippen LogP) is 4.59. The van der Waals surface area contributed by atoms with Crippen molar-refractivity contribution in [3.63, 3.8) is 0 Å². The molecule has 3 rings (SSSR count). The lowest BCUT2D eigenvalue weighted by Crippen LogP contribution is -1.99. The first-order valence-corrected chi connectivity index (χ1v) is 7.09. The van der Waals surface area contributed by atoms with Gasteiger partial charge in [0.25, 0.3) is 0 Å². The summed E-state index contributed by atoms with van der Waals surface area (Å²) in [5, 5.41) is 1.04. The largest absolute Gasteiger partial charge is 0.347 e. The van der Waals surface area contributed by atoms with Crippen molar-refractivity contribution in [1.82, 2.24) is 4.57 Å². The zero-order valence-electron chi connectivity index (χ0n) is 11.6. The minimum absolute atomic E-state index is 0.159. The molecule has 0 atom stereocenters. The minimum Gasteiger partial charge on any atom is -0.347 e. The fourth-order valence-electron chi connectivity index (χ4n) is 2.70. The Bertz CT molecular complexity index is 713. The highest BCUT2D eigenvalue weighted by Gasteiger charge is 2.08. The van der Waals surface area contributed by atoms with Gasteiger partial charge in [-0.25, -0.2) is 4.39 Å². The standard InChI is InChI=1S/C18H18FN/c1-2-15-13-20(11-10-14-6-4-3-5-7-14)18-9-8-16(19)12-17(15)18/h3-9,12-13H,2,10-11H2,1H3. The van der Waals surface area contributed by atoms with E-state index in [-0.39, 0.29) is 5.82 Å². The van der Waals surface area contributed by atoms with E-state index >= 15 is 0 Å². The second-order valence-corrected chi connectivity index (χ2v) is 5.10.